The minimum atomic E-state index is -1.59. The molecule has 0 radical (unpaired) electrons. The smallest absolute Gasteiger partial charge is 0.330 e. The van der Waals surface area contributed by atoms with Crippen LogP contribution in [0.3, 0.4) is 0 Å². The molecule has 2 aliphatic heterocycles. The van der Waals surface area contributed by atoms with Gasteiger partial charge < -0.3 is 46.0 Å². The van der Waals surface area contributed by atoms with Crippen molar-refractivity contribution in [1.29, 1.82) is 0 Å². The first-order valence-corrected chi connectivity index (χ1v) is 10.3. The fourth-order valence-corrected chi connectivity index (χ4v) is 3.81. The number of aliphatic hydroxyl groups excluding tert-OH is 6. The second-order valence-corrected chi connectivity index (χ2v) is 7.99. The molecule has 1 aromatic heterocycles. The largest absolute Gasteiger partial charge is 0.394 e. The highest BCUT2D eigenvalue weighted by molar-refractivity contribution is 5.88. The molecule has 2 fully saturated rings. The Balaban J connectivity index is 1.49. The highest BCUT2D eigenvalue weighted by atomic mass is 16.6. The van der Waals surface area contributed by atoms with Gasteiger partial charge in [-0.1, -0.05) is 0 Å². The first-order chi connectivity index (χ1) is 16.0. The van der Waals surface area contributed by atoms with Crippen molar-refractivity contribution in [2.24, 2.45) is 0 Å². The van der Waals surface area contributed by atoms with E-state index in [1.807, 2.05) is 4.98 Å². The zero-order valence-electron chi connectivity index (χ0n) is 17.6. The lowest BCUT2D eigenvalue weighted by Gasteiger charge is -2.19. The molecule has 34 heavy (non-hydrogen) atoms. The summed E-state index contributed by atoms with van der Waals surface area (Å²) in [5.74, 6) is -1.57. The minimum Gasteiger partial charge on any atom is -0.394 e. The highest BCUT2D eigenvalue weighted by Crippen LogP contribution is 2.27. The van der Waals surface area contributed by atoms with Crippen LogP contribution in [0.2, 0.25) is 0 Å². The van der Waals surface area contributed by atoms with E-state index < -0.39 is 91.2 Å². The third kappa shape index (κ3) is 5.34. The molecule has 16 heteroatoms. The summed E-state index contributed by atoms with van der Waals surface area (Å²) < 4.78 is 6.33. The van der Waals surface area contributed by atoms with E-state index in [9.17, 15) is 44.7 Å². The van der Waals surface area contributed by atoms with Gasteiger partial charge in [0.1, 0.15) is 30.5 Å². The van der Waals surface area contributed by atoms with Crippen molar-refractivity contribution in [2.45, 2.75) is 54.9 Å². The third-order valence-corrected chi connectivity index (χ3v) is 5.70. The summed E-state index contributed by atoms with van der Waals surface area (Å²) in [4.78, 5) is 49.4. The molecule has 9 atom stereocenters. The summed E-state index contributed by atoms with van der Waals surface area (Å²) in [6.07, 6.45) is -8.90. The summed E-state index contributed by atoms with van der Waals surface area (Å²) in [7, 11) is 0. The van der Waals surface area contributed by atoms with E-state index in [4.69, 9.17) is 9.84 Å². The number of ether oxygens (including phenoxy) is 1. The van der Waals surface area contributed by atoms with Crippen molar-refractivity contribution < 1.29 is 45.0 Å². The van der Waals surface area contributed by atoms with Gasteiger partial charge in [-0.2, -0.15) is 0 Å². The van der Waals surface area contributed by atoms with Crippen LogP contribution in [0.4, 0.5) is 0 Å². The molecule has 16 nitrogen and oxygen atoms in total. The standard InChI is InChI=1S/C18H27N5O11/c24-5-6(25)10-13(29)14(30)11(22-10)16(32)20-4-9(27)19-3-7-12(28)15(31)17(34-7)23-2-1-8(26)21-18(23)33/h1-2,6-7,10-15,17,22,24-25,28-31H,3-5H2,(H,19,27)(H,20,32)(H,21,26,33)/t6-,7-,10+,11+,12-,13+,14+,15-,17-/m1/s1. The average Bonchev–Trinajstić information content (AvgIpc) is 3.26. The topological polar surface area (TPSA) is 256 Å². The zero-order valence-corrected chi connectivity index (χ0v) is 17.6. The zero-order chi connectivity index (χ0) is 25.2. The Labute approximate surface area is 190 Å². The molecular weight excluding hydrogens is 462 g/mol. The first-order valence-electron chi connectivity index (χ1n) is 10.3. The van der Waals surface area contributed by atoms with Crippen molar-refractivity contribution in [3.8, 4) is 0 Å². The lowest BCUT2D eigenvalue weighted by atomic mass is 10.0. The highest BCUT2D eigenvalue weighted by Gasteiger charge is 2.47. The SMILES string of the molecule is O=C(CNC(=O)[C@H]1N[C@@H]([C@H](O)CO)[C@H](O)[C@H]1O)NC[C@H]1O[C@@H](n2ccc(=O)[nH]c2=O)[C@H](O)[C@@H]1O. The molecule has 0 spiro atoms. The average molecular weight is 489 g/mol. The second-order valence-electron chi connectivity index (χ2n) is 7.99. The van der Waals surface area contributed by atoms with E-state index in [2.05, 4.69) is 16.0 Å². The van der Waals surface area contributed by atoms with Crippen LogP contribution >= 0.6 is 0 Å². The number of aromatic nitrogens is 2. The molecule has 0 unspecified atom stereocenters. The molecule has 10 N–H and O–H groups in total. The van der Waals surface area contributed by atoms with Crippen LogP contribution in [0.25, 0.3) is 0 Å². The van der Waals surface area contributed by atoms with Crippen molar-refractivity contribution in [1.82, 2.24) is 25.5 Å². The predicted octanol–water partition coefficient (Wildman–Crippen LogP) is -7.20. The Kier molecular flexibility index (Phi) is 8.16. The molecule has 0 aliphatic carbocycles. The lowest BCUT2D eigenvalue weighted by molar-refractivity contribution is -0.129. The Hall–Kier alpha value is -2.70. The van der Waals surface area contributed by atoms with Crippen LogP contribution in [0.5, 0.6) is 0 Å². The van der Waals surface area contributed by atoms with Gasteiger partial charge in [-0.15, -0.1) is 0 Å². The van der Waals surface area contributed by atoms with E-state index in [0.29, 0.717) is 0 Å². The Morgan fingerprint density at radius 1 is 1.09 bits per heavy atom. The normalized spacial score (nSPS) is 34.1. The maximum absolute atomic E-state index is 12.2. The molecule has 1 aromatic rings. The number of aliphatic hydroxyl groups is 6. The summed E-state index contributed by atoms with van der Waals surface area (Å²) in [5.41, 5.74) is -1.52. The van der Waals surface area contributed by atoms with Crippen LogP contribution in [0.1, 0.15) is 6.23 Å². The molecule has 0 bridgehead atoms. The van der Waals surface area contributed by atoms with Crippen LogP contribution in [0.15, 0.2) is 21.9 Å². The van der Waals surface area contributed by atoms with E-state index in [0.717, 1.165) is 16.8 Å². The molecule has 0 aromatic carbocycles. The molecule has 3 heterocycles. The number of carbonyl (C=O) groups is 2. The van der Waals surface area contributed by atoms with Gasteiger partial charge in [0.2, 0.25) is 11.8 Å². The van der Waals surface area contributed by atoms with E-state index in [-0.39, 0.29) is 6.54 Å². The molecular formula is C18H27N5O11. The van der Waals surface area contributed by atoms with Crippen LogP contribution in [-0.2, 0) is 14.3 Å². The van der Waals surface area contributed by atoms with Gasteiger partial charge in [0.25, 0.3) is 5.56 Å². The number of H-pyrrole nitrogens is 1. The van der Waals surface area contributed by atoms with Gasteiger partial charge in [-0.25, -0.2) is 4.79 Å². The number of hydrogen-bond donors (Lipinski definition) is 10. The summed E-state index contributed by atoms with van der Waals surface area (Å²) in [5, 5.41) is 66.0. The van der Waals surface area contributed by atoms with E-state index in [1.165, 1.54) is 0 Å². The predicted molar refractivity (Wildman–Crippen MR) is 109 cm³/mol. The van der Waals surface area contributed by atoms with Gasteiger partial charge in [-0.3, -0.25) is 29.3 Å². The molecule has 2 saturated heterocycles. The van der Waals surface area contributed by atoms with Crippen LogP contribution in [-0.4, -0.2) is 120 Å². The monoisotopic (exact) mass is 489 g/mol. The maximum Gasteiger partial charge on any atom is 0.330 e. The van der Waals surface area contributed by atoms with Crippen molar-refractivity contribution >= 4 is 11.8 Å². The summed E-state index contributed by atoms with van der Waals surface area (Å²) in [6, 6.07) is -1.47. The number of nitrogens with zero attached hydrogens (tertiary/aromatic N) is 1. The number of amides is 2. The number of carbonyl (C=O) groups excluding carboxylic acids is 2. The lowest BCUT2D eigenvalue weighted by Crippen LogP contribution is -2.51. The Morgan fingerprint density at radius 3 is 2.44 bits per heavy atom. The van der Waals surface area contributed by atoms with Gasteiger partial charge >= 0.3 is 5.69 Å². The van der Waals surface area contributed by atoms with Crippen molar-refractivity contribution in [3.63, 3.8) is 0 Å². The van der Waals surface area contributed by atoms with Crippen LogP contribution < -0.4 is 27.2 Å². The van der Waals surface area contributed by atoms with E-state index in [1.54, 1.807) is 0 Å². The maximum atomic E-state index is 12.2. The molecule has 190 valence electrons. The van der Waals surface area contributed by atoms with Gasteiger partial charge in [-0.05, 0) is 0 Å². The minimum absolute atomic E-state index is 0.296. The van der Waals surface area contributed by atoms with Gasteiger partial charge in [0.15, 0.2) is 6.23 Å². The Morgan fingerprint density at radius 2 is 1.79 bits per heavy atom. The Bertz CT molecular complexity index is 999. The number of rotatable bonds is 8. The second kappa shape index (κ2) is 10.7. The molecule has 2 aliphatic rings. The number of nitrogens with one attached hydrogen (secondary N) is 4. The van der Waals surface area contributed by atoms with Crippen molar-refractivity contribution in [2.75, 3.05) is 19.7 Å². The summed E-state index contributed by atoms with van der Waals surface area (Å²) in [6.45, 7) is -1.56. The first kappa shape index (κ1) is 25.9. The summed E-state index contributed by atoms with van der Waals surface area (Å²) >= 11 is 0. The fourth-order valence-electron chi connectivity index (χ4n) is 3.81. The van der Waals surface area contributed by atoms with Gasteiger partial charge in [0, 0.05) is 18.8 Å². The third-order valence-electron chi connectivity index (χ3n) is 5.70. The molecule has 2 amide bonds. The van der Waals surface area contributed by atoms with E-state index >= 15 is 0 Å². The van der Waals surface area contributed by atoms with Crippen molar-refractivity contribution in [3.05, 3.63) is 33.1 Å². The number of aromatic amines is 1. The quantitative estimate of drug-likeness (QED) is 0.163. The molecule has 3 rings (SSSR count). The van der Waals surface area contributed by atoms with Gasteiger partial charge in [0.05, 0.1) is 31.4 Å². The number of hydrogen-bond acceptors (Lipinski definition) is 12. The van der Waals surface area contributed by atoms with Crippen LogP contribution in [0, 0.1) is 0 Å². The fraction of sp³-hybridized carbons (Fsp3) is 0.667. The molecule has 0 saturated carbocycles.